The normalized spacial score (nSPS) is 18.7. The smallest absolute Gasteiger partial charge is 0.232 e. The average molecular weight is 454 g/mol. The number of nitriles is 1. The number of benzene rings is 2. The zero-order chi connectivity index (χ0) is 23.9. The van der Waals surface area contributed by atoms with Crippen LogP contribution >= 0.6 is 0 Å². The number of imidazole rings is 1. The molecule has 1 fully saturated rings. The predicted octanol–water partition coefficient (Wildman–Crippen LogP) is 3.67. The number of aryl methyl sites for hydroxylation is 2. The minimum absolute atomic E-state index is 0.00900. The third kappa shape index (κ3) is 3.96. The second-order valence-corrected chi connectivity index (χ2v) is 9.78. The molecule has 1 atom stereocenters. The van der Waals surface area contributed by atoms with Crippen LogP contribution in [0.2, 0.25) is 0 Å². The molecule has 2 aromatic carbocycles. The number of hydrogen-bond donors (Lipinski definition) is 0. The van der Waals surface area contributed by atoms with E-state index in [9.17, 15) is 14.9 Å². The molecule has 2 aliphatic rings. The van der Waals surface area contributed by atoms with Crippen molar-refractivity contribution in [3.63, 3.8) is 0 Å². The number of hydrogen-bond acceptors (Lipinski definition) is 4. The zero-order valence-corrected chi connectivity index (χ0v) is 19.4. The molecule has 2 aliphatic heterocycles. The quantitative estimate of drug-likeness (QED) is 0.590. The third-order valence-electron chi connectivity index (χ3n) is 6.88. The van der Waals surface area contributed by atoms with Gasteiger partial charge in [0.25, 0.3) is 0 Å². The summed E-state index contributed by atoms with van der Waals surface area (Å²) in [5, 5.41) is 9.18. The average Bonchev–Trinajstić information content (AvgIpc) is 3.56. The molecule has 0 radical (unpaired) electrons. The Balaban J connectivity index is 1.34. The first kappa shape index (κ1) is 21.9. The Bertz CT molecular complexity index is 1290. The summed E-state index contributed by atoms with van der Waals surface area (Å²) in [6.07, 6.45) is 6.64. The zero-order valence-electron chi connectivity index (χ0n) is 19.4. The molecule has 34 heavy (non-hydrogen) atoms. The fraction of sp³-hybridized carbons (Fsp3) is 0.333. The molecule has 1 saturated heterocycles. The van der Waals surface area contributed by atoms with Gasteiger partial charge in [0.15, 0.2) is 0 Å². The van der Waals surface area contributed by atoms with Crippen molar-refractivity contribution < 1.29 is 9.59 Å². The lowest BCUT2D eigenvalue weighted by Crippen LogP contribution is -2.39. The summed E-state index contributed by atoms with van der Waals surface area (Å²) in [6.45, 7) is 6.12. The predicted molar refractivity (Wildman–Crippen MR) is 129 cm³/mol. The van der Waals surface area contributed by atoms with E-state index in [4.69, 9.17) is 0 Å². The van der Waals surface area contributed by atoms with Crippen molar-refractivity contribution in [3.05, 3.63) is 77.9 Å². The summed E-state index contributed by atoms with van der Waals surface area (Å²) in [5.41, 5.74) is 4.35. The van der Waals surface area contributed by atoms with Gasteiger partial charge >= 0.3 is 0 Å². The molecule has 0 saturated carbocycles. The first-order valence-electron chi connectivity index (χ1n) is 11.6. The van der Waals surface area contributed by atoms with Crippen LogP contribution in [0.15, 0.2) is 61.2 Å². The number of anilines is 2. The minimum Gasteiger partial charge on any atom is -0.337 e. The molecule has 2 amide bonds. The highest BCUT2D eigenvalue weighted by atomic mass is 16.2. The Hall–Kier alpha value is -3.92. The monoisotopic (exact) mass is 453 g/mol. The Morgan fingerprint density at radius 2 is 2.09 bits per heavy atom. The number of amides is 2. The Morgan fingerprint density at radius 3 is 2.85 bits per heavy atom. The highest BCUT2D eigenvalue weighted by Gasteiger charge is 2.43. The molecule has 0 spiro atoms. The highest BCUT2D eigenvalue weighted by Crippen LogP contribution is 2.42. The maximum atomic E-state index is 13.6. The molecule has 0 N–H and O–H groups in total. The Labute approximate surface area is 199 Å². The van der Waals surface area contributed by atoms with Gasteiger partial charge in [-0.1, -0.05) is 32.0 Å². The molecule has 3 aromatic rings. The van der Waals surface area contributed by atoms with Crippen LogP contribution in [-0.4, -0.2) is 34.5 Å². The Kier molecular flexibility index (Phi) is 5.45. The van der Waals surface area contributed by atoms with Crippen molar-refractivity contribution in [2.45, 2.75) is 38.6 Å². The van der Waals surface area contributed by atoms with Crippen molar-refractivity contribution >= 4 is 23.2 Å². The molecular formula is C27H27N5O2. The molecule has 0 unspecified atom stereocenters. The van der Waals surface area contributed by atoms with Gasteiger partial charge in [-0.3, -0.25) is 9.59 Å². The first-order valence-corrected chi connectivity index (χ1v) is 11.6. The number of nitrogens with zero attached hydrogens (tertiary/aromatic N) is 5. The summed E-state index contributed by atoms with van der Waals surface area (Å²) in [5.74, 6) is -0.492. The molecule has 1 aromatic heterocycles. The maximum Gasteiger partial charge on any atom is 0.232 e. The number of carbonyl (C=O) groups excluding carboxylic acids is 2. The SMILES string of the molecule is CC1(C)CN(C(=O)[C@H]2CC(=O)N(c3cccc(C#N)c3)C2)c2ccc(CCn3ccnc3)cc21. The van der Waals surface area contributed by atoms with Crippen LogP contribution in [0.3, 0.4) is 0 Å². The van der Waals surface area contributed by atoms with Gasteiger partial charge in [-0.2, -0.15) is 5.26 Å². The molecule has 0 bridgehead atoms. The fourth-order valence-corrected chi connectivity index (χ4v) is 5.04. The van der Waals surface area contributed by atoms with Crippen molar-refractivity contribution in [2.24, 2.45) is 5.92 Å². The van der Waals surface area contributed by atoms with Crippen LogP contribution in [0, 0.1) is 17.2 Å². The summed E-state index contributed by atoms with van der Waals surface area (Å²) in [4.78, 5) is 33.9. The topological polar surface area (TPSA) is 82.2 Å². The molecule has 3 heterocycles. The molecule has 7 nitrogen and oxygen atoms in total. The fourth-order valence-electron chi connectivity index (χ4n) is 5.04. The van der Waals surface area contributed by atoms with Crippen LogP contribution in [0.25, 0.3) is 0 Å². The second kappa shape index (κ2) is 8.45. The standard InChI is InChI=1S/C27H27N5O2/c1-27(2)17-32(24-7-6-19(13-23(24)27)8-10-30-11-9-29-18-30)26(34)21-14-25(33)31(16-21)22-5-3-4-20(12-22)15-28/h3-7,9,11-13,18,21H,8,10,14,16-17H2,1-2H3/t21-/m0/s1. The van der Waals surface area contributed by atoms with E-state index in [0.717, 1.165) is 18.7 Å². The molecule has 172 valence electrons. The largest absolute Gasteiger partial charge is 0.337 e. The summed E-state index contributed by atoms with van der Waals surface area (Å²) in [6, 6.07) is 15.5. The maximum absolute atomic E-state index is 13.6. The van der Waals surface area contributed by atoms with E-state index in [0.29, 0.717) is 24.3 Å². The summed E-state index contributed by atoms with van der Waals surface area (Å²) < 4.78 is 2.06. The lowest BCUT2D eigenvalue weighted by atomic mass is 9.86. The van der Waals surface area contributed by atoms with Crippen LogP contribution in [0.4, 0.5) is 11.4 Å². The van der Waals surface area contributed by atoms with Gasteiger partial charge < -0.3 is 14.4 Å². The van der Waals surface area contributed by atoms with Gasteiger partial charge in [-0.15, -0.1) is 0 Å². The van der Waals surface area contributed by atoms with Crippen LogP contribution in [0.5, 0.6) is 0 Å². The van der Waals surface area contributed by atoms with Crippen molar-refractivity contribution in [2.75, 3.05) is 22.9 Å². The van der Waals surface area contributed by atoms with Crippen LogP contribution in [0.1, 0.15) is 37.0 Å². The summed E-state index contributed by atoms with van der Waals surface area (Å²) in [7, 11) is 0. The van der Waals surface area contributed by atoms with E-state index in [1.54, 1.807) is 29.3 Å². The van der Waals surface area contributed by atoms with Gasteiger partial charge in [0.05, 0.1) is 23.9 Å². The number of carbonyl (C=O) groups is 2. The van der Waals surface area contributed by atoms with E-state index in [1.165, 1.54) is 11.1 Å². The van der Waals surface area contributed by atoms with Crippen LogP contribution < -0.4 is 9.80 Å². The van der Waals surface area contributed by atoms with E-state index in [-0.39, 0.29) is 23.7 Å². The summed E-state index contributed by atoms with van der Waals surface area (Å²) >= 11 is 0. The first-order chi connectivity index (χ1) is 16.4. The Morgan fingerprint density at radius 1 is 1.24 bits per heavy atom. The van der Waals surface area contributed by atoms with Gasteiger partial charge in [0.2, 0.25) is 11.8 Å². The number of aromatic nitrogens is 2. The van der Waals surface area contributed by atoms with Gasteiger partial charge in [0.1, 0.15) is 0 Å². The number of rotatable bonds is 5. The van der Waals surface area contributed by atoms with Gasteiger partial charge in [-0.25, -0.2) is 4.98 Å². The molecule has 0 aliphatic carbocycles. The molecular weight excluding hydrogens is 426 g/mol. The highest BCUT2D eigenvalue weighted by molar-refractivity contribution is 6.05. The third-order valence-corrected chi connectivity index (χ3v) is 6.88. The van der Waals surface area contributed by atoms with Gasteiger partial charge in [0, 0.05) is 55.2 Å². The van der Waals surface area contributed by atoms with E-state index in [1.807, 2.05) is 23.5 Å². The second-order valence-electron chi connectivity index (χ2n) is 9.78. The lowest BCUT2D eigenvalue weighted by molar-refractivity contribution is -0.124. The van der Waals surface area contributed by atoms with Crippen molar-refractivity contribution in [1.82, 2.24) is 9.55 Å². The van der Waals surface area contributed by atoms with Crippen molar-refractivity contribution in [3.8, 4) is 6.07 Å². The van der Waals surface area contributed by atoms with E-state index >= 15 is 0 Å². The molecule has 5 rings (SSSR count). The van der Waals surface area contributed by atoms with E-state index < -0.39 is 5.92 Å². The lowest BCUT2D eigenvalue weighted by Gasteiger charge is -2.23. The van der Waals surface area contributed by atoms with Crippen LogP contribution in [-0.2, 0) is 28.0 Å². The van der Waals surface area contributed by atoms with Crippen molar-refractivity contribution in [1.29, 1.82) is 5.26 Å². The minimum atomic E-state index is -0.402. The van der Waals surface area contributed by atoms with E-state index in [2.05, 4.69) is 47.7 Å². The number of fused-ring (bicyclic) bond motifs is 1. The van der Waals surface area contributed by atoms with Gasteiger partial charge in [-0.05, 0) is 41.8 Å². The molecule has 7 heteroatoms.